The van der Waals surface area contributed by atoms with Crippen LogP contribution in [0.3, 0.4) is 0 Å². The van der Waals surface area contributed by atoms with Gasteiger partial charge < -0.3 is 5.11 Å². The fourth-order valence-corrected chi connectivity index (χ4v) is 1.65. The van der Waals surface area contributed by atoms with Gasteiger partial charge >= 0.3 is 0 Å². The Kier molecular flexibility index (Phi) is 3.91. The second kappa shape index (κ2) is 5.79. The quantitative estimate of drug-likeness (QED) is 0.400. The molecule has 5 nitrogen and oxygen atoms in total. The molecule has 0 saturated carbocycles. The lowest BCUT2D eigenvalue weighted by Crippen LogP contribution is -1.93. The number of phenols is 1. The van der Waals surface area contributed by atoms with E-state index in [1.165, 1.54) is 24.3 Å². The molecule has 2 rings (SSSR count). The van der Waals surface area contributed by atoms with Crippen LogP contribution < -0.4 is 0 Å². The van der Waals surface area contributed by atoms with Crippen LogP contribution in [0.25, 0.3) is 6.08 Å². The molecule has 0 amide bonds. The van der Waals surface area contributed by atoms with Gasteiger partial charge in [-0.2, -0.15) is 0 Å². The van der Waals surface area contributed by atoms with Gasteiger partial charge in [-0.15, -0.1) is 0 Å². The van der Waals surface area contributed by atoms with E-state index >= 15 is 0 Å². The number of hydrogen-bond donors (Lipinski definition) is 1. The van der Waals surface area contributed by atoms with Crippen LogP contribution in [0.2, 0.25) is 0 Å². The third-order valence-corrected chi connectivity index (χ3v) is 2.70. The number of benzene rings is 2. The number of rotatable bonds is 4. The first-order chi connectivity index (χ1) is 9.58. The van der Waals surface area contributed by atoms with Crippen molar-refractivity contribution in [1.29, 1.82) is 0 Å². The SMILES string of the molecule is O=C(C=Cc1ccc([N+](=O)[O-])cc1O)c1ccccc1. The molecule has 0 saturated heterocycles. The van der Waals surface area contributed by atoms with Gasteiger partial charge in [-0.25, -0.2) is 0 Å². The topological polar surface area (TPSA) is 80.4 Å². The van der Waals surface area contributed by atoms with Crippen molar-refractivity contribution >= 4 is 17.5 Å². The van der Waals surface area contributed by atoms with Crippen LogP contribution in [0.1, 0.15) is 15.9 Å². The molecule has 100 valence electrons. The molecule has 0 radical (unpaired) electrons. The number of carbonyl (C=O) groups is 1. The third-order valence-electron chi connectivity index (χ3n) is 2.70. The van der Waals surface area contributed by atoms with Crippen LogP contribution >= 0.6 is 0 Å². The van der Waals surface area contributed by atoms with E-state index in [0.717, 1.165) is 6.07 Å². The van der Waals surface area contributed by atoms with Crippen LogP contribution in [0.4, 0.5) is 5.69 Å². The summed E-state index contributed by atoms with van der Waals surface area (Å²) in [5, 5.41) is 20.2. The summed E-state index contributed by atoms with van der Waals surface area (Å²) in [6.07, 6.45) is 2.74. The molecule has 0 aromatic heterocycles. The third kappa shape index (κ3) is 3.08. The van der Waals surface area contributed by atoms with Crippen LogP contribution in [0.5, 0.6) is 5.75 Å². The lowest BCUT2D eigenvalue weighted by molar-refractivity contribution is -0.384. The van der Waals surface area contributed by atoms with E-state index < -0.39 is 4.92 Å². The average molecular weight is 269 g/mol. The van der Waals surface area contributed by atoms with Crippen molar-refractivity contribution in [3.63, 3.8) is 0 Å². The molecule has 2 aromatic carbocycles. The fraction of sp³-hybridized carbons (Fsp3) is 0. The Balaban J connectivity index is 2.20. The summed E-state index contributed by atoms with van der Waals surface area (Å²) in [5.74, 6) is -0.445. The number of nitro groups is 1. The van der Waals surface area contributed by atoms with Crippen LogP contribution in [0.15, 0.2) is 54.6 Å². The summed E-state index contributed by atoms with van der Waals surface area (Å²) in [4.78, 5) is 21.8. The second-order valence-corrected chi connectivity index (χ2v) is 4.06. The first-order valence-electron chi connectivity index (χ1n) is 5.83. The molecule has 1 N–H and O–H groups in total. The van der Waals surface area contributed by atoms with Crippen molar-refractivity contribution in [3.8, 4) is 5.75 Å². The van der Waals surface area contributed by atoms with E-state index in [-0.39, 0.29) is 17.2 Å². The molecule has 0 heterocycles. The number of aromatic hydroxyl groups is 1. The molecule has 0 unspecified atom stereocenters. The smallest absolute Gasteiger partial charge is 0.273 e. The standard InChI is InChI=1S/C15H11NO4/c17-14(11-4-2-1-3-5-11)9-7-12-6-8-13(16(19)20)10-15(12)18/h1-10,18H. The highest BCUT2D eigenvalue weighted by Crippen LogP contribution is 2.24. The fourth-order valence-electron chi connectivity index (χ4n) is 1.65. The van der Waals surface area contributed by atoms with E-state index in [0.29, 0.717) is 11.1 Å². The maximum atomic E-state index is 11.8. The van der Waals surface area contributed by atoms with Crippen LogP contribution in [0, 0.1) is 10.1 Å². The average Bonchev–Trinajstić information content (AvgIpc) is 2.46. The summed E-state index contributed by atoms with van der Waals surface area (Å²) < 4.78 is 0. The summed E-state index contributed by atoms with van der Waals surface area (Å²) in [6.45, 7) is 0. The number of nitro benzene ring substituents is 1. The highest BCUT2D eigenvalue weighted by Gasteiger charge is 2.08. The van der Waals surface area contributed by atoms with Gasteiger partial charge in [-0.1, -0.05) is 30.3 Å². The maximum absolute atomic E-state index is 11.8. The Morgan fingerprint density at radius 1 is 1.15 bits per heavy atom. The number of hydrogen-bond acceptors (Lipinski definition) is 4. The summed E-state index contributed by atoms with van der Waals surface area (Å²) in [5.41, 5.74) is 0.680. The maximum Gasteiger partial charge on any atom is 0.273 e. The van der Waals surface area contributed by atoms with Gasteiger partial charge in [-0.05, 0) is 18.2 Å². The number of ketones is 1. The van der Waals surface area contributed by atoms with Crippen LogP contribution in [-0.2, 0) is 0 Å². The molecular weight excluding hydrogens is 258 g/mol. The number of allylic oxidation sites excluding steroid dienone is 1. The zero-order valence-electron chi connectivity index (χ0n) is 10.4. The van der Waals surface area contributed by atoms with E-state index in [2.05, 4.69) is 0 Å². The lowest BCUT2D eigenvalue weighted by Gasteiger charge is -1.99. The highest BCUT2D eigenvalue weighted by atomic mass is 16.6. The zero-order chi connectivity index (χ0) is 14.5. The van der Waals surface area contributed by atoms with Crippen molar-refractivity contribution in [3.05, 3.63) is 75.8 Å². The molecule has 0 aliphatic heterocycles. The molecular formula is C15H11NO4. The molecule has 0 atom stereocenters. The predicted molar refractivity (Wildman–Crippen MR) is 74.6 cm³/mol. The van der Waals surface area contributed by atoms with E-state index in [1.54, 1.807) is 24.3 Å². The number of phenolic OH excluding ortho intramolecular Hbond substituents is 1. The van der Waals surface area contributed by atoms with Crippen molar-refractivity contribution < 1.29 is 14.8 Å². The Labute approximate surface area is 115 Å². The van der Waals surface area contributed by atoms with E-state index in [1.807, 2.05) is 6.07 Å². The van der Waals surface area contributed by atoms with Crippen molar-refractivity contribution in [2.75, 3.05) is 0 Å². The van der Waals surface area contributed by atoms with E-state index in [4.69, 9.17) is 0 Å². The molecule has 0 aliphatic rings. The predicted octanol–water partition coefficient (Wildman–Crippen LogP) is 3.20. The van der Waals surface area contributed by atoms with Gasteiger partial charge in [0.2, 0.25) is 0 Å². The van der Waals surface area contributed by atoms with Crippen molar-refractivity contribution in [2.24, 2.45) is 0 Å². The van der Waals surface area contributed by atoms with Crippen molar-refractivity contribution in [2.45, 2.75) is 0 Å². The summed E-state index contributed by atoms with van der Waals surface area (Å²) >= 11 is 0. The minimum Gasteiger partial charge on any atom is -0.507 e. The van der Waals surface area contributed by atoms with Gasteiger partial charge in [0, 0.05) is 17.2 Å². The largest absolute Gasteiger partial charge is 0.507 e. The van der Waals surface area contributed by atoms with Gasteiger partial charge in [0.05, 0.1) is 11.0 Å². The monoisotopic (exact) mass is 269 g/mol. The molecule has 5 heteroatoms. The molecule has 0 fully saturated rings. The van der Waals surface area contributed by atoms with Gasteiger partial charge in [0.1, 0.15) is 5.75 Å². The Morgan fingerprint density at radius 2 is 1.85 bits per heavy atom. The number of nitrogens with zero attached hydrogens (tertiary/aromatic N) is 1. The number of non-ortho nitro benzene ring substituents is 1. The second-order valence-electron chi connectivity index (χ2n) is 4.06. The van der Waals surface area contributed by atoms with Gasteiger partial charge in [0.15, 0.2) is 5.78 Å². The van der Waals surface area contributed by atoms with Crippen LogP contribution in [-0.4, -0.2) is 15.8 Å². The molecule has 0 bridgehead atoms. The zero-order valence-corrected chi connectivity index (χ0v) is 10.4. The van der Waals surface area contributed by atoms with E-state index in [9.17, 15) is 20.0 Å². The summed E-state index contributed by atoms with van der Waals surface area (Å²) in [6, 6.07) is 12.4. The first kappa shape index (κ1) is 13.5. The lowest BCUT2D eigenvalue weighted by atomic mass is 10.1. The number of carbonyl (C=O) groups excluding carboxylic acids is 1. The highest BCUT2D eigenvalue weighted by molar-refractivity contribution is 6.06. The first-order valence-corrected chi connectivity index (χ1v) is 5.83. The minimum atomic E-state index is -0.595. The molecule has 0 aliphatic carbocycles. The minimum absolute atomic E-state index is 0.200. The molecule has 20 heavy (non-hydrogen) atoms. The molecule has 0 spiro atoms. The Bertz CT molecular complexity index is 678. The summed E-state index contributed by atoms with van der Waals surface area (Å²) in [7, 11) is 0. The Morgan fingerprint density at radius 3 is 2.45 bits per heavy atom. The molecule has 2 aromatic rings. The normalized spacial score (nSPS) is 10.6. The van der Waals surface area contributed by atoms with Gasteiger partial charge in [-0.3, -0.25) is 14.9 Å². The van der Waals surface area contributed by atoms with Crippen molar-refractivity contribution in [1.82, 2.24) is 0 Å². The van der Waals surface area contributed by atoms with Gasteiger partial charge in [0.25, 0.3) is 5.69 Å². The Hall–Kier alpha value is -2.95.